The van der Waals surface area contributed by atoms with E-state index in [0.29, 0.717) is 12.5 Å². The van der Waals surface area contributed by atoms with E-state index in [9.17, 15) is 0 Å². The summed E-state index contributed by atoms with van der Waals surface area (Å²) in [5.74, 6) is 2.26. The highest BCUT2D eigenvalue weighted by molar-refractivity contribution is 5.51. The van der Waals surface area contributed by atoms with Gasteiger partial charge in [0.15, 0.2) is 0 Å². The zero-order valence-electron chi connectivity index (χ0n) is 13.2. The molecule has 3 atom stereocenters. The van der Waals surface area contributed by atoms with Crippen molar-refractivity contribution >= 4 is 5.69 Å². The van der Waals surface area contributed by atoms with Crippen LogP contribution in [0, 0.1) is 11.8 Å². The highest BCUT2D eigenvalue weighted by atomic mass is 16.5. The van der Waals surface area contributed by atoms with Crippen molar-refractivity contribution in [3.8, 4) is 5.75 Å². The molecule has 0 amide bonds. The van der Waals surface area contributed by atoms with E-state index in [-0.39, 0.29) is 5.54 Å². The van der Waals surface area contributed by atoms with E-state index in [0.717, 1.165) is 11.7 Å². The van der Waals surface area contributed by atoms with E-state index in [1.54, 1.807) is 7.11 Å². The SMILES string of the molecule is COc1ccc(N(C)C2(CN)CC(C)CCC2C)cc1. The average Bonchev–Trinajstić information content (AvgIpc) is 2.49. The van der Waals surface area contributed by atoms with Crippen LogP contribution < -0.4 is 15.4 Å². The lowest BCUT2D eigenvalue weighted by Crippen LogP contribution is -2.59. The van der Waals surface area contributed by atoms with E-state index in [2.05, 4.69) is 37.9 Å². The van der Waals surface area contributed by atoms with Crippen molar-refractivity contribution in [1.29, 1.82) is 0 Å². The monoisotopic (exact) mass is 276 g/mol. The molecule has 2 rings (SSSR count). The van der Waals surface area contributed by atoms with Crippen LogP contribution in [0.3, 0.4) is 0 Å². The van der Waals surface area contributed by atoms with Gasteiger partial charge in [0.1, 0.15) is 5.75 Å². The molecule has 3 heteroatoms. The predicted octanol–water partition coefficient (Wildman–Crippen LogP) is 3.29. The molecule has 1 aromatic rings. The number of nitrogens with zero attached hydrogens (tertiary/aromatic N) is 1. The first-order valence-corrected chi connectivity index (χ1v) is 7.61. The van der Waals surface area contributed by atoms with Crippen LogP contribution in [-0.2, 0) is 0 Å². The summed E-state index contributed by atoms with van der Waals surface area (Å²) in [6.45, 7) is 5.40. The number of ether oxygens (including phenoxy) is 1. The molecular weight excluding hydrogens is 248 g/mol. The van der Waals surface area contributed by atoms with Crippen molar-refractivity contribution in [1.82, 2.24) is 0 Å². The van der Waals surface area contributed by atoms with Crippen molar-refractivity contribution in [2.24, 2.45) is 17.6 Å². The Labute approximate surface area is 123 Å². The molecular formula is C17H28N2O. The van der Waals surface area contributed by atoms with Crippen LogP contribution in [0.2, 0.25) is 0 Å². The molecule has 1 aromatic carbocycles. The summed E-state index contributed by atoms with van der Waals surface area (Å²) < 4.78 is 5.24. The van der Waals surface area contributed by atoms with E-state index in [4.69, 9.17) is 10.5 Å². The molecule has 3 nitrogen and oxygen atoms in total. The lowest BCUT2D eigenvalue weighted by Gasteiger charge is -2.51. The molecule has 0 heterocycles. The summed E-state index contributed by atoms with van der Waals surface area (Å²) in [7, 11) is 3.88. The zero-order valence-corrected chi connectivity index (χ0v) is 13.2. The Bertz CT molecular complexity index is 431. The normalized spacial score (nSPS) is 30.1. The molecule has 0 spiro atoms. The Balaban J connectivity index is 2.28. The molecule has 0 aliphatic heterocycles. The van der Waals surface area contributed by atoms with Crippen LogP contribution in [0.5, 0.6) is 5.75 Å². The smallest absolute Gasteiger partial charge is 0.119 e. The van der Waals surface area contributed by atoms with Gasteiger partial charge in [-0.2, -0.15) is 0 Å². The molecule has 1 fully saturated rings. The fourth-order valence-corrected chi connectivity index (χ4v) is 3.66. The third-order valence-corrected chi connectivity index (χ3v) is 5.19. The van der Waals surface area contributed by atoms with Crippen molar-refractivity contribution in [2.45, 2.75) is 38.6 Å². The van der Waals surface area contributed by atoms with Crippen molar-refractivity contribution in [2.75, 3.05) is 25.6 Å². The third kappa shape index (κ3) is 2.64. The Morgan fingerprint density at radius 1 is 1.25 bits per heavy atom. The van der Waals surface area contributed by atoms with Crippen LogP contribution in [0.15, 0.2) is 24.3 Å². The first kappa shape index (κ1) is 15.2. The minimum absolute atomic E-state index is 0.0756. The van der Waals surface area contributed by atoms with Gasteiger partial charge < -0.3 is 15.4 Å². The Morgan fingerprint density at radius 2 is 1.90 bits per heavy atom. The number of likely N-dealkylation sites (N-methyl/N-ethyl adjacent to an activating group) is 1. The van der Waals surface area contributed by atoms with Gasteiger partial charge >= 0.3 is 0 Å². The predicted molar refractivity (Wildman–Crippen MR) is 85.4 cm³/mol. The number of methoxy groups -OCH3 is 1. The van der Waals surface area contributed by atoms with E-state index >= 15 is 0 Å². The van der Waals surface area contributed by atoms with Gasteiger partial charge in [-0.3, -0.25) is 0 Å². The van der Waals surface area contributed by atoms with Crippen molar-refractivity contribution < 1.29 is 4.74 Å². The lowest BCUT2D eigenvalue weighted by molar-refractivity contribution is 0.162. The van der Waals surface area contributed by atoms with E-state index in [1.807, 2.05) is 12.1 Å². The average molecular weight is 276 g/mol. The van der Waals surface area contributed by atoms with Gasteiger partial charge in [0.2, 0.25) is 0 Å². The largest absolute Gasteiger partial charge is 0.497 e. The van der Waals surface area contributed by atoms with Crippen molar-refractivity contribution in [3.63, 3.8) is 0 Å². The number of hydrogen-bond donors (Lipinski definition) is 1. The third-order valence-electron chi connectivity index (χ3n) is 5.19. The summed E-state index contributed by atoms with van der Waals surface area (Å²) in [5, 5.41) is 0. The van der Waals surface area contributed by atoms with Gasteiger partial charge in [-0.1, -0.05) is 20.3 Å². The van der Waals surface area contributed by atoms with Gasteiger partial charge in [-0.05, 0) is 48.9 Å². The fraction of sp³-hybridized carbons (Fsp3) is 0.647. The van der Waals surface area contributed by atoms with Gasteiger partial charge in [-0.15, -0.1) is 0 Å². The summed E-state index contributed by atoms with van der Waals surface area (Å²) >= 11 is 0. The molecule has 1 saturated carbocycles. The number of anilines is 1. The van der Waals surface area contributed by atoms with Crippen LogP contribution in [0.4, 0.5) is 5.69 Å². The van der Waals surface area contributed by atoms with Crippen LogP contribution >= 0.6 is 0 Å². The molecule has 2 N–H and O–H groups in total. The van der Waals surface area contributed by atoms with Crippen LogP contribution in [0.1, 0.15) is 33.1 Å². The minimum atomic E-state index is 0.0756. The topological polar surface area (TPSA) is 38.5 Å². The lowest BCUT2D eigenvalue weighted by atomic mass is 9.68. The van der Waals surface area contributed by atoms with E-state index < -0.39 is 0 Å². The quantitative estimate of drug-likeness (QED) is 0.917. The summed E-state index contributed by atoms with van der Waals surface area (Å²) in [4.78, 5) is 2.40. The zero-order chi connectivity index (χ0) is 14.8. The van der Waals surface area contributed by atoms with Gasteiger partial charge in [0.05, 0.1) is 12.6 Å². The molecule has 3 unspecified atom stereocenters. The Kier molecular flexibility index (Phi) is 4.59. The molecule has 20 heavy (non-hydrogen) atoms. The standard InChI is InChI=1S/C17H28N2O/c1-13-5-6-14(2)17(11-13,12-18)19(3)15-7-9-16(20-4)10-8-15/h7-10,13-14H,5-6,11-12,18H2,1-4H3. The number of rotatable bonds is 4. The summed E-state index contributed by atoms with van der Waals surface area (Å²) in [6, 6.07) is 8.30. The van der Waals surface area contributed by atoms with Crippen LogP contribution in [-0.4, -0.2) is 26.2 Å². The van der Waals surface area contributed by atoms with Gasteiger partial charge in [0, 0.05) is 19.3 Å². The van der Waals surface area contributed by atoms with E-state index in [1.165, 1.54) is 24.9 Å². The van der Waals surface area contributed by atoms with Gasteiger partial charge in [-0.25, -0.2) is 0 Å². The molecule has 1 aliphatic rings. The maximum Gasteiger partial charge on any atom is 0.119 e. The molecule has 0 radical (unpaired) electrons. The second kappa shape index (κ2) is 6.04. The molecule has 112 valence electrons. The summed E-state index contributed by atoms with van der Waals surface area (Å²) in [6.07, 6.45) is 3.76. The molecule has 1 aliphatic carbocycles. The second-order valence-corrected chi connectivity index (χ2v) is 6.35. The minimum Gasteiger partial charge on any atom is -0.497 e. The number of benzene rings is 1. The van der Waals surface area contributed by atoms with Gasteiger partial charge in [0.25, 0.3) is 0 Å². The molecule has 0 aromatic heterocycles. The Morgan fingerprint density at radius 3 is 2.45 bits per heavy atom. The highest BCUT2D eigenvalue weighted by Crippen LogP contribution is 2.41. The van der Waals surface area contributed by atoms with Crippen molar-refractivity contribution in [3.05, 3.63) is 24.3 Å². The number of nitrogens with two attached hydrogens (primary N) is 1. The second-order valence-electron chi connectivity index (χ2n) is 6.35. The molecule has 0 saturated heterocycles. The molecule has 0 bridgehead atoms. The fourth-order valence-electron chi connectivity index (χ4n) is 3.66. The summed E-state index contributed by atoms with van der Waals surface area (Å²) in [5.41, 5.74) is 7.51. The first-order chi connectivity index (χ1) is 9.53. The number of hydrogen-bond acceptors (Lipinski definition) is 3. The maximum absolute atomic E-state index is 6.22. The first-order valence-electron chi connectivity index (χ1n) is 7.61. The highest BCUT2D eigenvalue weighted by Gasteiger charge is 2.42. The maximum atomic E-state index is 6.22. The Hall–Kier alpha value is -1.22. The van der Waals surface area contributed by atoms with Crippen LogP contribution in [0.25, 0.3) is 0 Å².